The van der Waals surface area contributed by atoms with E-state index in [9.17, 15) is 0 Å². The molecule has 0 aliphatic rings. The van der Waals surface area contributed by atoms with Crippen LogP contribution in [-0.4, -0.2) is 38.5 Å². The van der Waals surface area contributed by atoms with E-state index in [-0.39, 0.29) is 0 Å². The van der Waals surface area contributed by atoms with E-state index in [0.29, 0.717) is 13.2 Å². The lowest BCUT2D eigenvalue weighted by atomic mass is 10.2. The molecule has 0 saturated heterocycles. The average molecular weight is 238 g/mol. The Balaban J connectivity index is 1.95. The molecule has 0 spiro atoms. The Morgan fingerprint density at radius 2 is 2.12 bits per heavy atom. The number of rotatable bonds is 9. The number of pyridine rings is 1. The molecule has 0 unspecified atom stereocenters. The van der Waals surface area contributed by atoms with Crippen LogP contribution in [0, 0.1) is 6.92 Å². The second-order valence-electron chi connectivity index (χ2n) is 3.94. The molecule has 0 aliphatic carbocycles. The quantitative estimate of drug-likeness (QED) is 0.663. The minimum atomic E-state index is 0.669. The van der Waals surface area contributed by atoms with Gasteiger partial charge in [-0.25, -0.2) is 0 Å². The summed E-state index contributed by atoms with van der Waals surface area (Å²) in [5, 5.41) is 3.36. The maximum atomic E-state index is 5.36. The van der Waals surface area contributed by atoms with Crippen LogP contribution in [0.3, 0.4) is 0 Å². The van der Waals surface area contributed by atoms with Crippen molar-refractivity contribution in [2.24, 2.45) is 0 Å². The van der Waals surface area contributed by atoms with Gasteiger partial charge in [-0.3, -0.25) is 4.98 Å². The van der Waals surface area contributed by atoms with Crippen LogP contribution in [0.25, 0.3) is 0 Å². The maximum absolute atomic E-state index is 5.36. The van der Waals surface area contributed by atoms with E-state index in [4.69, 9.17) is 9.47 Å². The smallest absolute Gasteiger partial charge is 0.0700 e. The third-order valence-corrected chi connectivity index (χ3v) is 2.38. The number of aromatic nitrogens is 1. The van der Waals surface area contributed by atoms with Gasteiger partial charge < -0.3 is 14.8 Å². The first kappa shape index (κ1) is 14.1. The molecule has 4 heteroatoms. The summed E-state index contributed by atoms with van der Waals surface area (Å²) in [6, 6.07) is 4.13. The standard InChI is InChI=1S/C13H22N2O2/c1-12-4-5-13(11-15-12)10-14-6-3-7-17-9-8-16-2/h4-5,11,14H,3,6-10H2,1-2H3. The fraction of sp³-hybridized carbons (Fsp3) is 0.615. The summed E-state index contributed by atoms with van der Waals surface area (Å²) >= 11 is 0. The summed E-state index contributed by atoms with van der Waals surface area (Å²) in [6.07, 6.45) is 2.93. The molecule has 1 heterocycles. The number of ether oxygens (including phenoxy) is 2. The van der Waals surface area contributed by atoms with Crippen molar-refractivity contribution in [2.75, 3.05) is 33.5 Å². The second-order valence-corrected chi connectivity index (χ2v) is 3.94. The topological polar surface area (TPSA) is 43.4 Å². The highest BCUT2D eigenvalue weighted by Gasteiger charge is 1.93. The molecule has 1 aromatic heterocycles. The van der Waals surface area contributed by atoms with Crippen molar-refractivity contribution < 1.29 is 9.47 Å². The SMILES string of the molecule is COCCOCCCNCc1ccc(C)nc1. The molecule has 0 amide bonds. The number of aryl methyl sites for hydroxylation is 1. The summed E-state index contributed by atoms with van der Waals surface area (Å²) in [6.45, 7) is 5.95. The lowest BCUT2D eigenvalue weighted by Gasteiger charge is -2.06. The number of hydrogen-bond donors (Lipinski definition) is 1. The van der Waals surface area contributed by atoms with Gasteiger partial charge in [-0.1, -0.05) is 6.07 Å². The van der Waals surface area contributed by atoms with Crippen molar-refractivity contribution in [1.29, 1.82) is 0 Å². The fourth-order valence-electron chi connectivity index (χ4n) is 1.38. The van der Waals surface area contributed by atoms with Crippen LogP contribution in [0.5, 0.6) is 0 Å². The number of nitrogens with zero attached hydrogens (tertiary/aromatic N) is 1. The average Bonchev–Trinajstić information content (AvgIpc) is 2.35. The van der Waals surface area contributed by atoms with Crippen molar-refractivity contribution in [1.82, 2.24) is 10.3 Å². The number of nitrogens with one attached hydrogen (secondary N) is 1. The number of hydrogen-bond acceptors (Lipinski definition) is 4. The highest BCUT2D eigenvalue weighted by Crippen LogP contribution is 1.98. The molecule has 0 fully saturated rings. The zero-order valence-electron chi connectivity index (χ0n) is 10.7. The molecule has 0 radical (unpaired) electrons. The van der Waals surface area contributed by atoms with Crippen LogP contribution >= 0.6 is 0 Å². The summed E-state index contributed by atoms with van der Waals surface area (Å²) in [5.74, 6) is 0. The first-order valence-corrected chi connectivity index (χ1v) is 6.02. The van der Waals surface area contributed by atoms with Crippen molar-refractivity contribution >= 4 is 0 Å². The monoisotopic (exact) mass is 238 g/mol. The van der Waals surface area contributed by atoms with E-state index in [1.807, 2.05) is 19.2 Å². The van der Waals surface area contributed by atoms with Crippen LogP contribution in [0.4, 0.5) is 0 Å². The Bertz CT molecular complexity index is 288. The second kappa shape index (κ2) is 9.10. The molecule has 1 N–H and O–H groups in total. The van der Waals surface area contributed by atoms with Gasteiger partial charge in [0, 0.05) is 32.2 Å². The first-order valence-electron chi connectivity index (χ1n) is 6.02. The predicted octanol–water partition coefficient (Wildman–Crippen LogP) is 1.53. The van der Waals surface area contributed by atoms with Crippen molar-refractivity contribution in [2.45, 2.75) is 19.9 Å². The van der Waals surface area contributed by atoms with Gasteiger partial charge in [-0.15, -0.1) is 0 Å². The Kier molecular flexibility index (Phi) is 7.54. The zero-order chi connectivity index (χ0) is 12.3. The van der Waals surface area contributed by atoms with Gasteiger partial charge in [0.1, 0.15) is 0 Å². The fourth-order valence-corrected chi connectivity index (χ4v) is 1.38. The molecule has 0 aromatic carbocycles. The van der Waals surface area contributed by atoms with Gasteiger partial charge in [0.05, 0.1) is 13.2 Å². The Morgan fingerprint density at radius 1 is 1.24 bits per heavy atom. The van der Waals surface area contributed by atoms with Crippen molar-refractivity contribution in [3.63, 3.8) is 0 Å². The highest BCUT2D eigenvalue weighted by atomic mass is 16.5. The molecule has 0 bridgehead atoms. The van der Waals surface area contributed by atoms with Crippen LogP contribution in [-0.2, 0) is 16.0 Å². The Hall–Kier alpha value is -0.970. The molecule has 17 heavy (non-hydrogen) atoms. The molecular formula is C13H22N2O2. The Labute approximate surface area is 103 Å². The van der Waals surface area contributed by atoms with E-state index >= 15 is 0 Å². The van der Waals surface area contributed by atoms with Crippen LogP contribution < -0.4 is 5.32 Å². The van der Waals surface area contributed by atoms with E-state index in [1.165, 1.54) is 5.56 Å². The number of methoxy groups -OCH3 is 1. The molecule has 1 aromatic rings. The van der Waals surface area contributed by atoms with Crippen LogP contribution in [0.1, 0.15) is 17.7 Å². The zero-order valence-corrected chi connectivity index (χ0v) is 10.7. The first-order chi connectivity index (χ1) is 8.33. The molecule has 0 atom stereocenters. The highest BCUT2D eigenvalue weighted by molar-refractivity contribution is 5.12. The molecular weight excluding hydrogens is 216 g/mol. The van der Waals surface area contributed by atoms with Gasteiger partial charge >= 0.3 is 0 Å². The third kappa shape index (κ3) is 7.05. The van der Waals surface area contributed by atoms with Gasteiger partial charge in [-0.2, -0.15) is 0 Å². The summed E-state index contributed by atoms with van der Waals surface area (Å²) < 4.78 is 10.3. The summed E-state index contributed by atoms with van der Waals surface area (Å²) in [4.78, 5) is 4.25. The van der Waals surface area contributed by atoms with Gasteiger partial charge in [-0.05, 0) is 31.5 Å². The van der Waals surface area contributed by atoms with Gasteiger partial charge in [0.25, 0.3) is 0 Å². The summed E-state index contributed by atoms with van der Waals surface area (Å²) in [7, 11) is 1.68. The van der Waals surface area contributed by atoms with Crippen molar-refractivity contribution in [3.05, 3.63) is 29.6 Å². The summed E-state index contributed by atoms with van der Waals surface area (Å²) in [5.41, 5.74) is 2.27. The molecule has 1 rings (SSSR count). The largest absolute Gasteiger partial charge is 0.382 e. The van der Waals surface area contributed by atoms with E-state index < -0.39 is 0 Å². The lowest BCUT2D eigenvalue weighted by molar-refractivity contribution is 0.0695. The van der Waals surface area contributed by atoms with Crippen LogP contribution in [0.2, 0.25) is 0 Å². The predicted molar refractivity (Wildman–Crippen MR) is 68.0 cm³/mol. The van der Waals surface area contributed by atoms with Gasteiger partial charge in [0.2, 0.25) is 0 Å². The van der Waals surface area contributed by atoms with E-state index in [0.717, 1.165) is 31.8 Å². The van der Waals surface area contributed by atoms with E-state index in [2.05, 4.69) is 16.4 Å². The molecule has 0 saturated carbocycles. The minimum Gasteiger partial charge on any atom is -0.382 e. The van der Waals surface area contributed by atoms with Crippen molar-refractivity contribution in [3.8, 4) is 0 Å². The third-order valence-electron chi connectivity index (χ3n) is 2.38. The molecule has 96 valence electrons. The van der Waals surface area contributed by atoms with Gasteiger partial charge in [0.15, 0.2) is 0 Å². The normalized spacial score (nSPS) is 10.7. The van der Waals surface area contributed by atoms with Crippen LogP contribution in [0.15, 0.2) is 18.3 Å². The lowest BCUT2D eigenvalue weighted by Crippen LogP contribution is -2.17. The molecule has 4 nitrogen and oxygen atoms in total. The van der Waals surface area contributed by atoms with E-state index in [1.54, 1.807) is 7.11 Å². The maximum Gasteiger partial charge on any atom is 0.0700 e. The molecule has 0 aliphatic heterocycles. The minimum absolute atomic E-state index is 0.669. The Morgan fingerprint density at radius 3 is 2.82 bits per heavy atom.